The fourth-order valence-electron chi connectivity index (χ4n) is 1.35. The van der Waals surface area contributed by atoms with Gasteiger partial charge in [0.25, 0.3) is 0 Å². The molecule has 0 atom stereocenters. The van der Waals surface area contributed by atoms with Gasteiger partial charge in [-0.2, -0.15) is 0 Å². The zero-order valence-corrected chi connectivity index (χ0v) is 12.8. The predicted molar refractivity (Wildman–Crippen MR) is 72.5 cm³/mol. The summed E-state index contributed by atoms with van der Waals surface area (Å²) in [5, 5.41) is 2.60. The van der Waals surface area contributed by atoms with Crippen LogP contribution in [-0.2, 0) is 21.4 Å². The lowest BCUT2D eigenvalue weighted by Gasteiger charge is -2.15. The van der Waals surface area contributed by atoms with E-state index < -0.39 is 10.0 Å². The molecule has 0 aromatic heterocycles. The lowest BCUT2D eigenvalue weighted by Crippen LogP contribution is -2.26. The molecule has 0 unspecified atom stereocenters. The van der Waals surface area contributed by atoms with Gasteiger partial charge in [-0.15, -0.1) is 0 Å². The van der Waals surface area contributed by atoms with Crippen LogP contribution < -0.4 is 5.32 Å². The Labute approximate surface area is 115 Å². The summed E-state index contributed by atoms with van der Waals surface area (Å²) in [6.07, 6.45) is 0. The Morgan fingerprint density at radius 2 is 2.00 bits per heavy atom. The predicted octanol–water partition coefficient (Wildman–Crippen LogP) is 1.34. The summed E-state index contributed by atoms with van der Waals surface area (Å²) >= 11 is 3.29. The number of rotatable bonds is 4. The fourth-order valence-corrected chi connectivity index (χ4v) is 2.86. The van der Waals surface area contributed by atoms with Gasteiger partial charge in [0.15, 0.2) is 0 Å². The van der Waals surface area contributed by atoms with Gasteiger partial charge in [0.2, 0.25) is 15.9 Å². The third kappa shape index (κ3) is 3.54. The lowest BCUT2D eigenvalue weighted by atomic mass is 10.2. The van der Waals surface area contributed by atoms with Crippen LogP contribution in [0, 0.1) is 0 Å². The molecule has 0 bridgehead atoms. The number of benzene rings is 1. The molecule has 0 saturated heterocycles. The molecule has 7 heteroatoms. The van der Waals surface area contributed by atoms with Gasteiger partial charge >= 0.3 is 0 Å². The van der Waals surface area contributed by atoms with Crippen molar-refractivity contribution >= 4 is 31.9 Å². The summed E-state index contributed by atoms with van der Waals surface area (Å²) in [6, 6.07) is 4.87. The summed E-state index contributed by atoms with van der Waals surface area (Å²) in [5.74, 6) is -0.205. The van der Waals surface area contributed by atoms with Crippen LogP contribution in [0.1, 0.15) is 12.5 Å². The summed E-state index contributed by atoms with van der Waals surface area (Å²) in [4.78, 5) is 11.1. The number of carbonyl (C=O) groups excluding carboxylic acids is 1. The maximum Gasteiger partial charge on any atom is 0.242 e. The number of sulfonamides is 1. The molecule has 1 amide bonds. The highest BCUT2D eigenvalue weighted by atomic mass is 79.9. The zero-order valence-electron chi connectivity index (χ0n) is 10.4. The van der Waals surface area contributed by atoms with Crippen molar-refractivity contribution in [3.63, 3.8) is 0 Å². The van der Waals surface area contributed by atoms with Crippen LogP contribution in [0.4, 0.5) is 0 Å². The van der Waals surface area contributed by atoms with Crippen LogP contribution in [0.5, 0.6) is 0 Å². The molecule has 0 aliphatic rings. The maximum atomic E-state index is 12.1. The van der Waals surface area contributed by atoms with Gasteiger partial charge in [-0.3, -0.25) is 4.79 Å². The highest BCUT2D eigenvalue weighted by Gasteiger charge is 2.21. The Balaban J connectivity index is 3.23. The number of nitrogens with zero attached hydrogens (tertiary/aromatic N) is 1. The molecule has 0 fully saturated rings. The smallest absolute Gasteiger partial charge is 0.242 e. The molecule has 0 saturated carbocycles. The largest absolute Gasteiger partial charge is 0.352 e. The molecule has 1 rings (SSSR count). The minimum Gasteiger partial charge on any atom is -0.352 e. The van der Waals surface area contributed by atoms with Gasteiger partial charge in [0, 0.05) is 32.0 Å². The Bertz CT molecular complexity index is 555. The number of carbonyl (C=O) groups is 1. The number of nitrogens with one attached hydrogen (secondary N) is 1. The molecule has 0 spiro atoms. The second kappa shape index (κ2) is 5.81. The minimum atomic E-state index is -3.51. The van der Waals surface area contributed by atoms with Crippen molar-refractivity contribution in [3.05, 3.63) is 28.2 Å². The third-order valence-electron chi connectivity index (χ3n) is 2.31. The first-order chi connectivity index (χ1) is 8.25. The van der Waals surface area contributed by atoms with E-state index in [-0.39, 0.29) is 17.3 Å². The van der Waals surface area contributed by atoms with Crippen LogP contribution in [0.25, 0.3) is 0 Å². The number of hydrogen-bond donors (Lipinski definition) is 1. The van der Waals surface area contributed by atoms with Gasteiger partial charge in [0.1, 0.15) is 0 Å². The van der Waals surface area contributed by atoms with Gasteiger partial charge in [-0.1, -0.05) is 15.9 Å². The number of hydrogen-bond acceptors (Lipinski definition) is 3. The van der Waals surface area contributed by atoms with Crippen molar-refractivity contribution in [2.24, 2.45) is 0 Å². The highest BCUT2D eigenvalue weighted by Crippen LogP contribution is 2.22. The van der Waals surface area contributed by atoms with E-state index in [1.165, 1.54) is 27.1 Å². The lowest BCUT2D eigenvalue weighted by molar-refractivity contribution is -0.119. The summed E-state index contributed by atoms with van der Waals surface area (Å²) in [7, 11) is -0.567. The number of amides is 1. The SMILES string of the molecule is CC(=O)NCc1cc(Br)ccc1S(=O)(=O)N(C)C. The molecular formula is C11H15BrN2O3S. The molecule has 0 aliphatic heterocycles. The van der Waals surface area contributed by atoms with E-state index in [1.807, 2.05) is 0 Å². The van der Waals surface area contributed by atoms with E-state index in [9.17, 15) is 13.2 Å². The van der Waals surface area contributed by atoms with Crippen molar-refractivity contribution in [2.75, 3.05) is 14.1 Å². The molecule has 0 aliphatic carbocycles. The van der Waals surface area contributed by atoms with Crippen LogP contribution in [0.2, 0.25) is 0 Å². The van der Waals surface area contributed by atoms with Gasteiger partial charge in [-0.05, 0) is 23.8 Å². The van der Waals surface area contributed by atoms with Crippen LogP contribution in [0.3, 0.4) is 0 Å². The van der Waals surface area contributed by atoms with Crippen molar-refractivity contribution in [3.8, 4) is 0 Å². The standard InChI is InChI=1S/C11H15BrN2O3S/c1-8(15)13-7-9-6-10(12)4-5-11(9)18(16,17)14(2)3/h4-6H,7H2,1-3H3,(H,13,15). The van der Waals surface area contributed by atoms with E-state index in [0.29, 0.717) is 5.56 Å². The maximum absolute atomic E-state index is 12.1. The average molecular weight is 335 g/mol. The van der Waals surface area contributed by atoms with Crippen LogP contribution >= 0.6 is 15.9 Å². The first kappa shape index (κ1) is 15.1. The van der Waals surface area contributed by atoms with Crippen molar-refractivity contribution in [1.82, 2.24) is 9.62 Å². The van der Waals surface area contributed by atoms with E-state index in [4.69, 9.17) is 0 Å². The highest BCUT2D eigenvalue weighted by molar-refractivity contribution is 9.10. The zero-order chi connectivity index (χ0) is 13.9. The molecule has 100 valence electrons. The van der Waals surface area contributed by atoms with Gasteiger partial charge in [0.05, 0.1) is 4.90 Å². The normalized spacial score (nSPS) is 11.6. The average Bonchev–Trinajstić information content (AvgIpc) is 2.25. The molecule has 0 radical (unpaired) electrons. The number of halogens is 1. The molecule has 1 aromatic rings. The van der Waals surface area contributed by atoms with E-state index >= 15 is 0 Å². The molecule has 5 nitrogen and oxygen atoms in total. The van der Waals surface area contributed by atoms with Gasteiger partial charge in [-0.25, -0.2) is 12.7 Å². The fraction of sp³-hybridized carbons (Fsp3) is 0.364. The van der Waals surface area contributed by atoms with E-state index in [1.54, 1.807) is 12.1 Å². The van der Waals surface area contributed by atoms with Crippen LogP contribution in [-0.4, -0.2) is 32.7 Å². The van der Waals surface area contributed by atoms with Gasteiger partial charge < -0.3 is 5.32 Å². The first-order valence-electron chi connectivity index (χ1n) is 5.20. The molecular weight excluding hydrogens is 320 g/mol. The second-order valence-electron chi connectivity index (χ2n) is 3.95. The minimum absolute atomic E-state index is 0.178. The third-order valence-corrected chi connectivity index (χ3v) is 4.72. The Morgan fingerprint density at radius 3 is 2.50 bits per heavy atom. The Morgan fingerprint density at radius 1 is 1.39 bits per heavy atom. The summed E-state index contributed by atoms with van der Waals surface area (Å²) in [5.41, 5.74) is 0.549. The first-order valence-corrected chi connectivity index (χ1v) is 7.44. The topological polar surface area (TPSA) is 66.5 Å². The van der Waals surface area contributed by atoms with Crippen molar-refractivity contribution in [1.29, 1.82) is 0 Å². The summed E-state index contributed by atoms with van der Waals surface area (Å²) in [6.45, 7) is 1.56. The molecule has 1 N–H and O–H groups in total. The van der Waals surface area contributed by atoms with E-state index in [2.05, 4.69) is 21.2 Å². The second-order valence-corrected chi connectivity index (χ2v) is 6.99. The quantitative estimate of drug-likeness (QED) is 0.903. The van der Waals surface area contributed by atoms with Crippen LogP contribution in [0.15, 0.2) is 27.6 Å². The van der Waals surface area contributed by atoms with Crippen molar-refractivity contribution in [2.45, 2.75) is 18.4 Å². The van der Waals surface area contributed by atoms with E-state index in [0.717, 1.165) is 8.78 Å². The molecule has 1 aromatic carbocycles. The summed E-state index contributed by atoms with van der Waals surface area (Å²) < 4.78 is 26.1. The Hall–Kier alpha value is -0.920. The Kier molecular flexibility index (Phi) is 4.89. The van der Waals surface area contributed by atoms with Crippen molar-refractivity contribution < 1.29 is 13.2 Å². The molecule has 18 heavy (non-hydrogen) atoms. The molecule has 0 heterocycles. The monoisotopic (exact) mass is 334 g/mol.